The van der Waals surface area contributed by atoms with Crippen LogP contribution < -0.4 is 0 Å². The number of rotatable bonds is 3. The highest BCUT2D eigenvalue weighted by Crippen LogP contribution is 2.34. The molecule has 0 radical (unpaired) electrons. The molecule has 15 heavy (non-hydrogen) atoms. The van der Waals surface area contributed by atoms with E-state index in [1.165, 1.54) is 0 Å². The number of amides is 1. The van der Waals surface area contributed by atoms with Crippen molar-refractivity contribution in [1.29, 1.82) is 0 Å². The Morgan fingerprint density at radius 3 is 2.07 bits per heavy atom. The van der Waals surface area contributed by atoms with Gasteiger partial charge < -0.3 is 9.80 Å². The van der Waals surface area contributed by atoms with E-state index >= 15 is 0 Å². The summed E-state index contributed by atoms with van der Waals surface area (Å²) < 4.78 is 0. The lowest BCUT2D eigenvalue weighted by molar-refractivity contribution is -0.137. The van der Waals surface area contributed by atoms with Crippen molar-refractivity contribution >= 4 is 5.91 Å². The van der Waals surface area contributed by atoms with Gasteiger partial charge in [0.2, 0.25) is 5.91 Å². The van der Waals surface area contributed by atoms with Crippen LogP contribution in [0.2, 0.25) is 0 Å². The van der Waals surface area contributed by atoms with Crippen molar-refractivity contribution in [2.24, 2.45) is 0 Å². The Morgan fingerprint density at radius 1 is 1.20 bits per heavy atom. The zero-order chi connectivity index (χ0) is 11.9. The second kappa shape index (κ2) is 3.78. The van der Waals surface area contributed by atoms with Crippen LogP contribution in [0, 0.1) is 0 Å². The molecule has 0 saturated carbocycles. The van der Waals surface area contributed by atoms with Gasteiger partial charge in [0.05, 0.1) is 5.54 Å². The van der Waals surface area contributed by atoms with Crippen LogP contribution in [0.15, 0.2) is 0 Å². The van der Waals surface area contributed by atoms with Crippen LogP contribution in [0.3, 0.4) is 0 Å². The Balaban J connectivity index is 2.95. The highest BCUT2D eigenvalue weighted by molar-refractivity contribution is 5.79. The molecule has 1 fully saturated rings. The molecule has 0 spiro atoms. The number of carbonyl (C=O) groups excluding carboxylic acids is 1. The maximum atomic E-state index is 11.8. The third-order valence-electron chi connectivity index (χ3n) is 4.36. The Morgan fingerprint density at radius 2 is 1.73 bits per heavy atom. The van der Waals surface area contributed by atoms with Crippen molar-refractivity contribution < 1.29 is 4.79 Å². The van der Waals surface area contributed by atoms with E-state index in [9.17, 15) is 4.79 Å². The normalized spacial score (nSPS) is 19.1. The fraction of sp³-hybridized carbons (Fsp3) is 0.917. The first kappa shape index (κ1) is 12.5. The average molecular weight is 212 g/mol. The molecule has 0 aromatic rings. The van der Waals surface area contributed by atoms with E-state index in [0.717, 1.165) is 13.0 Å². The van der Waals surface area contributed by atoms with Crippen molar-refractivity contribution in [1.82, 2.24) is 9.80 Å². The molecule has 3 nitrogen and oxygen atoms in total. The summed E-state index contributed by atoms with van der Waals surface area (Å²) in [6.45, 7) is 9.62. The van der Waals surface area contributed by atoms with E-state index in [-0.39, 0.29) is 11.1 Å². The number of hydrogen-bond donors (Lipinski definition) is 0. The first-order chi connectivity index (χ1) is 6.71. The van der Waals surface area contributed by atoms with Gasteiger partial charge >= 0.3 is 0 Å². The summed E-state index contributed by atoms with van der Waals surface area (Å²) in [4.78, 5) is 16.0. The van der Waals surface area contributed by atoms with Crippen molar-refractivity contribution in [3.8, 4) is 0 Å². The van der Waals surface area contributed by atoms with E-state index in [2.05, 4.69) is 46.7 Å². The zero-order valence-electron chi connectivity index (χ0n) is 10.9. The largest absolute Gasteiger partial charge is 0.336 e. The minimum atomic E-state index is -0.121. The van der Waals surface area contributed by atoms with Crippen molar-refractivity contribution in [2.45, 2.75) is 51.6 Å². The smallest absolute Gasteiger partial charge is 0.223 e. The second-order valence-electron chi connectivity index (χ2n) is 5.66. The number of hydrogen-bond acceptors (Lipinski definition) is 2. The quantitative estimate of drug-likeness (QED) is 0.711. The molecule has 0 aromatic heterocycles. The summed E-state index contributed by atoms with van der Waals surface area (Å²) in [6.07, 6.45) is 1.72. The molecule has 3 heteroatoms. The van der Waals surface area contributed by atoms with Crippen LogP contribution in [-0.2, 0) is 4.79 Å². The van der Waals surface area contributed by atoms with Crippen LogP contribution in [0.1, 0.15) is 40.5 Å². The average Bonchev–Trinajstić information content (AvgIpc) is 2.51. The highest BCUT2D eigenvalue weighted by Gasteiger charge is 2.46. The van der Waals surface area contributed by atoms with Gasteiger partial charge in [-0.1, -0.05) is 0 Å². The predicted molar refractivity (Wildman–Crippen MR) is 62.8 cm³/mol. The summed E-state index contributed by atoms with van der Waals surface area (Å²) in [6, 6.07) is 0. The van der Waals surface area contributed by atoms with Gasteiger partial charge in [0, 0.05) is 18.5 Å². The lowest BCUT2D eigenvalue weighted by Crippen LogP contribution is -2.63. The maximum Gasteiger partial charge on any atom is 0.223 e. The molecule has 88 valence electrons. The van der Waals surface area contributed by atoms with Crippen molar-refractivity contribution in [3.05, 3.63) is 0 Å². The van der Waals surface area contributed by atoms with E-state index < -0.39 is 0 Å². The van der Waals surface area contributed by atoms with Crippen molar-refractivity contribution in [2.75, 3.05) is 20.6 Å². The van der Waals surface area contributed by atoms with Gasteiger partial charge in [-0.3, -0.25) is 4.79 Å². The molecule has 0 aliphatic carbocycles. The molecule has 0 bridgehead atoms. The fourth-order valence-corrected chi connectivity index (χ4v) is 2.12. The fourth-order valence-electron chi connectivity index (χ4n) is 2.12. The van der Waals surface area contributed by atoms with Crippen LogP contribution in [0.25, 0.3) is 0 Å². The Labute approximate surface area is 93.4 Å². The third-order valence-corrected chi connectivity index (χ3v) is 4.36. The standard InChI is InChI=1S/C12H24N2O/c1-11(2,13(5)6)12(3,4)14-9-7-8-10(14)15/h7-9H2,1-6H3. The van der Waals surface area contributed by atoms with Crippen LogP contribution in [0.5, 0.6) is 0 Å². The van der Waals surface area contributed by atoms with Crippen LogP contribution in [0.4, 0.5) is 0 Å². The second-order valence-corrected chi connectivity index (χ2v) is 5.66. The van der Waals surface area contributed by atoms with Gasteiger partial charge in [0.1, 0.15) is 0 Å². The van der Waals surface area contributed by atoms with Gasteiger partial charge in [-0.15, -0.1) is 0 Å². The van der Waals surface area contributed by atoms with E-state index in [1.54, 1.807) is 0 Å². The Bertz CT molecular complexity index is 256. The number of nitrogens with zero attached hydrogens (tertiary/aromatic N) is 2. The molecule has 0 aromatic carbocycles. The molecule has 0 atom stereocenters. The van der Waals surface area contributed by atoms with E-state index in [1.807, 2.05) is 4.90 Å². The molecule has 1 heterocycles. The minimum absolute atomic E-state index is 0.0208. The Kier molecular flexibility index (Phi) is 3.15. The minimum Gasteiger partial charge on any atom is -0.336 e. The van der Waals surface area contributed by atoms with Crippen molar-refractivity contribution in [3.63, 3.8) is 0 Å². The first-order valence-corrected chi connectivity index (χ1v) is 5.69. The van der Waals surface area contributed by atoms with E-state index in [0.29, 0.717) is 12.3 Å². The predicted octanol–water partition coefficient (Wildman–Crippen LogP) is 1.73. The van der Waals surface area contributed by atoms with Gasteiger partial charge in [0.25, 0.3) is 0 Å². The highest BCUT2D eigenvalue weighted by atomic mass is 16.2. The molecule has 1 saturated heterocycles. The van der Waals surface area contributed by atoms with Crippen LogP contribution in [-0.4, -0.2) is 47.4 Å². The van der Waals surface area contributed by atoms with E-state index in [4.69, 9.17) is 0 Å². The summed E-state index contributed by atoms with van der Waals surface area (Å²) in [5.41, 5.74) is -0.142. The molecule has 1 aliphatic rings. The van der Waals surface area contributed by atoms with Gasteiger partial charge in [-0.25, -0.2) is 0 Å². The van der Waals surface area contributed by atoms with Gasteiger partial charge in [-0.05, 0) is 48.2 Å². The summed E-state index contributed by atoms with van der Waals surface area (Å²) in [5.74, 6) is 0.301. The molecule has 1 rings (SSSR count). The topological polar surface area (TPSA) is 23.6 Å². The number of likely N-dealkylation sites (tertiary alicyclic amines) is 1. The third kappa shape index (κ3) is 1.89. The lowest BCUT2D eigenvalue weighted by atomic mass is 9.80. The Hall–Kier alpha value is -0.570. The maximum absolute atomic E-state index is 11.8. The first-order valence-electron chi connectivity index (χ1n) is 5.69. The SMILES string of the molecule is CN(C)C(C)(C)C(C)(C)N1CCCC1=O. The van der Waals surface area contributed by atoms with Crippen LogP contribution >= 0.6 is 0 Å². The molecule has 0 N–H and O–H groups in total. The van der Waals surface area contributed by atoms with Gasteiger partial charge in [-0.2, -0.15) is 0 Å². The molecule has 1 aliphatic heterocycles. The number of likely N-dealkylation sites (N-methyl/N-ethyl adjacent to an activating group) is 1. The summed E-state index contributed by atoms with van der Waals surface area (Å²) >= 11 is 0. The molecule has 1 amide bonds. The lowest BCUT2D eigenvalue weighted by Gasteiger charge is -2.51. The summed E-state index contributed by atoms with van der Waals surface area (Å²) in [7, 11) is 4.14. The monoisotopic (exact) mass is 212 g/mol. The van der Waals surface area contributed by atoms with Gasteiger partial charge in [0.15, 0.2) is 0 Å². The molecular weight excluding hydrogens is 188 g/mol. The number of carbonyl (C=O) groups is 1. The summed E-state index contributed by atoms with van der Waals surface area (Å²) in [5, 5.41) is 0. The molecular formula is C12H24N2O. The zero-order valence-corrected chi connectivity index (χ0v) is 10.9. The molecule has 0 unspecified atom stereocenters.